The highest BCUT2D eigenvalue weighted by Crippen LogP contribution is 2.23. The molecule has 0 spiro atoms. The molecule has 0 aliphatic rings. The molecular weight excluding hydrogens is 238 g/mol. The lowest BCUT2D eigenvalue weighted by molar-refractivity contribution is 0.112. The van der Waals surface area contributed by atoms with E-state index in [0.717, 1.165) is 25.7 Å². The predicted molar refractivity (Wildman–Crippen MR) is 76.7 cm³/mol. The van der Waals surface area contributed by atoms with Crippen molar-refractivity contribution in [1.82, 2.24) is 0 Å². The molecule has 0 amide bonds. The van der Waals surface area contributed by atoms with Crippen molar-refractivity contribution in [2.75, 3.05) is 11.9 Å². The SMILES string of the molecule is O=Cc1ccc(O)c(NCCCc2ccccc2)c1. The van der Waals surface area contributed by atoms with Crippen LogP contribution >= 0.6 is 0 Å². The summed E-state index contributed by atoms with van der Waals surface area (Å²) < 4.78 is 0. The molecule has 2 aromatic rings. The van der Waals surface area contributed by atoms with Gasteiger partial charge in [0.1, 0.15) is 12.0 Å². The fourth-order valence-electron chi connectivity index (χ4n) is 1.93. The number of hydrogen-bond donors (Lipinski definition) is 2. The van der Waals surface area contributed by atoms with Crippen molar-refractivity contribution in [1.29, 1.82) is 0 Å². The van der Waals surface area contributed by atoms with E-state index in [9.17, 15) is 9.90 Å². The van der Waals surface area contributed by atoms with Gasteiger partial charge >= 0.3 is 0 Å². The summed E-state index contributed by atoms with van der Waals surface area (Å²) in [5.74, 6) is 0.172. The molecule has 0 saturated heterocycles. The first kappa shape index (κ1) is 13.1. The van der Waals surface area contributed by atoms with Gasteiger partial charge in [0.05, 0.1) is 5.69 Å². The molecule has 0 aromatic heterocycles. The summed E-state index contributed by atoms with van der Waals surface area (Å²) in [6.45, 7) is 0.755. The molecule has 98 valence electrons. The molecular formula is C16H17NO2. The van der Waals surface area contributed by atoms with E-state index < -0.39 is 0 Å². The normalized spacial score (nSPS) is 10.1. The van der Waals surface area contributed by atoms with Gasteiger partial charge in [-0.3, -0.25) is 4.79 Å². The van der Waals surface area contributed by atoms with Gasteiger partial charge in [-0.25, -0.2) is 0 Å². The molecule has 0 atom stereocenters. The van der Waals surface area contributed by atoms with E-state index in [1.807, 2.05) is 18.2 Å². The molecule has 2 aromatic carbocycles. The van der Waals surface area contributed by atoms with Crippen LogP contribution in [0.4, 0.5) is 5.69 Å². The van der Waals surface area contributed by atoms with Crippen LogP contribution in [-0.4, -0.2) is 17.9 Å². The zero-order valence-electron chi connectivity index (χ0n) is 10.7. The highest BCUT2D eigenvalue weighted by atomic mass is 16.3. The van der Waals surface area contributed by atoms with Crippen LogP contribution in [-0.2, 0) is 6.42 Å². The molecule has 2 rings (SSSR count). The Labute approximate surface area is 112 Å². The molecule has 2 N–H and O–H groups in total. The van der Waals surface area contributed by atoms with E-state index in [1.165, 1.54) is 11.6 Å². The Hall–Kier alpha value is -2.29. The number of rotatable bonds is 6. The Morgan fingerprint density at radius 1 is 1.11 bits per heavy atom. The van der Waals surface area contributed by atoms with Crippen LogP contribution in [0.15, 0.2) is 48.5 Å². The first-order valence-corrected chi connectivity index (χ1v) is 6.35. The van der Waals surface area contributed by atoms with E-state index in [-0.39, 0.29) is 5.75 Å². The minimum Gasteiger partial charge on any atom is -0.506 e. The molecule has 3 heteroatoms. The quantitative estimate of drug-likeness (QED) is 0.473. The van der Waals surface area contributed by atoms with Gasteiger partial charge in [0, 0.05) is 12.1 Å². The van der Waals surface area contributed by atoms with Gasteiger partial charge in [-0.05, 0) is 36.6 Å². The van der Waals surface area contributed by atoms with Gasteiger partial charge in [-0.15, -0.1) is 0 Å². The number of aldehydes is 1. The Balaban J connectivity index is 1.84. The third-order valence-corrected chi connectivity index (χ3v) is 2.96. The van der Waals surface area contributed by atoms with Crippen LogP contribution in [0.3, 0.4) is 0 Å². The van der Waals surface area contributed by atoms with Gasteiger partial charge in [-0.2, -0.15) is 0 Å². The summed E-state index contributed by atoms with van der Waals surface area (Å²) in [6.07, 6.45) is 2.73. The van der Waals surface area contributed by atoms with E-state index in [0.29, 0.717) is 11.3 Å². The molecule has 0 fully saturated rings. The second kappa shape index (κ2) is 6.59. The van der Waals surface area contributed by atoms with Crippen molar-refractivity contribution >= 4 is 12.0 Å². The largest absolute Gasteiger partial charge is 0.506 e. The number of carbonyl (C=O) groups is 1. The number of aryl methyl sites for hydroxylation is 1. The van der Waals surface area contributed by atoms with Gasteiger partial charge < -0.3 is 10.4 Å². The molecule has 0 radical (unpaired) electrons. The molecule has 0 unspecified atom stereocenters. The van der Waals surface area contributed by atoms with Gasteiger partial charge in [0.15, 0.2) is 0 Å². The average molecular weight is 255 g/mol. The fraction of sp³-hybridized carbons (Fsp3) is 0.188. The van der Waals surface area contributed by atoms with Crippen LogP contribution in [0.2, 0.25) is 0 Å². The number of hydrogen-bond acceptors (Lipinski definition) is 3. The number of aromatic hydroxyl groups is 1. The van der Waals surface area contributed by atoms with Crippen LogP contribution in [0, 0.1) is 0 Å². The second-order valence-electron chi connectivity index (χ2n) is 4.41. The van der Waals surface area contributed by atoms with E-state index in [2.05, 4.69) is 17.4 Å². The minimum atomic E-state index is 0.172. The first-order valence-electron chi connectivity index (χ1n) is 6.35. The highest BCUT2D eigenvalue weighted by Gasteiger charge is 2.01. The van der Waals surface area contributed by atoms with E-state index in [4.69, 9.17) is 0 Å². The number of phenols is 1. The maximum Gasteiger partial charge on any atom is 0.150 e. The molecule has 0 aliphatic carbocycles. The van der Waals surface area contributed by atoms with Crippen molar-refractivity contribution in [2.45, 2.75) is 12.8 Å². The first-order chi connectivity index (χ1) is 9.29. The molecule has 3 nitrogen and oxygen atoms in total. The second-order valence-corrected chi connectivity index (χ2v) is 4.41. The number of benzene rings is 2. The van der Waals surface area contributed by atoms with Crippen molar-refractivity contribution < 1.29 is 9.90 Å². The minimum absolute atomic E-state index is 0.172. The maximum absolute atomic E-state index is 10.7. The molecule has 0 heterocycles. The van der Waals surface area contributed by atoms with Crippen molar-refractivity contribution in [2.24, 2.45) is 0 Å². The number of carbonyl (C=O) groups excluding carboxylic acids is 1. The van der Waals surface area contributed by atoms with Gasteiger partial charge in [0.2, 0.25) is 0 Å². The number of nitrogens with one attached hydrogen (secondary N) is 1. The summed E-state index contributed by atoms with van der Waals surface area (Å²) in [5, 5.41) is 12.8. The smallest absolute Gasteiger partial charge is 0.150 e. The fourth-order valence-corrected chi connectivity index (χ4v) is 1.93. The molecule has 19 heavy (non-hydrogen) atoms. The summed E-state index contributed by atoms with van der Waals surface area (Å²) in [7, 11) is 0. The third kappa shape index (κ3) is 3.85. The standard InChI is InChI=1S/C16H17NO2/c18-12-14-8-9-16(19)15(11-14)17-10-4-7-13-5-2-1-3-6-13/h1-3,5-6,8-9,11-12,17,19H,4,7,10H2. The molecule has 0 saturated carbocycles. The van der Waals surface area contributed by atoms with Crippen LogP contribution in [0.5, 0.6) is 5.75 Å². The van der Waals surface area contributed by atoms with Gasteiger partial charge in [0.25, 0.3) is 0 Å². The summed E-state index contributed by atoms with van der Waals surface area (Å²) >= 11 is 0. The van der Waals surface area contributed by atoms with E-state index >= 15 is 0 Å². The van der Waals surface area contributed by atoms with Gasteiger partial charge in [-0.1, -0.05) is 30.3 Å². The number of anilines is 1. The Morgan fingerprint density at radius 3 is 2.63 bits per heavy atom. The van der Waals surface area contributed by atoms with Crippen LogP contribution in [0.1, 0.15) is 22.3 Å². The Bertz CT molecular complexity index is 538. The number of phenolic OH excluding ortho intramolecular Hbond substituents is 1. The average Bonchev–Trinajstić information content (AvgIpc) is 2.46. The third-order valence-electron chi connectivity index (χ3n) is 2.96. The van der Waals surface area contributed by atoms with Crippen molar-refractivity contribution in [3.05, 3.63) is 59.7 Å². The lowest BCUT2D eigenvalue weighted by Gasteiger charge is -2.09. The predicted octanol–water partition coefficient (Wildman–Crippen LogP) is 3.25. The highest BCUT2D eigenvalue weighted by molar-refractivity contribution is 5.78. The maximum atomic E-state index is 10.7. The molecule has 0 bridgehead atoms. The topological polar surface area (TPSA) is 49.3 Å². The monoisotopic (exact) mass is 255 g/mol. The zero-order chi connectivity index (χ0) is 13.5. The Kier molecular flexibility index (Phi) is 4.56. The Morgan fingerprint density at radius 2 is 1.89 bits per heavy atom. The lowest BCUT2D eigenvalue weighted by atomic mass is 10.1. The van der Waals surface area contributed by atoms with Crippen molar-refractivity contribution in [3.8, 4) is 5.75 Å². The van der Waals surface area contributed by atoms with Crippen molar-refractivity contribution in [3.63, 3.8) is 0 Å². The summed E-state index contributed by atoms with van der Waals surface area (Å²) in [6, 6.07) is 15.1. The van der Waals surface area contributed by atoms with E-state index in [1.54, 1.807) is 12.1 Å². The summed E-state index contributed by atoms with van der Waals surface area (Å²) in [5.41, 5.74) is 2.47. The van der Waals surface area contributed by atoms with Crippen LogP contribution < -0.4 is 5.32 Å². The molecule has 0 aliphatic heterocycles. The van der Waals surface area contributed by atoms with Crippen LogP contribution in [0.25, 0.3) is 0 Å². The zero-order valence-corrected chi connectivity index (χ0v) is 10.7. The lowest BCUT2D eigenvalue weighted by Crippen LogP contribution is -2.03. The summed E-state index contributed by atoms with van der Waals surface area (Å²) in [4.78, 5) is 10.7.